The first kappa shape index (κ1) is 33.8. The Hall–Kier alpha value is -3.50. The highest BCUT2D eigenvalue weighted by Crippen LogP contribution is 2.46. The summed E-state index contributed by atoms with van der Waals surface area (Å²) in [6, 6.07) is 26.7. The fourth-order valence-corrected chi connectivity index (χ4v) is 11.5. The Balaban J connectivity index is 1.36. The first-order chi connectivity index (χ1) is 22.2. The minimum atomic E-state index is -2.14. The maximum Gasteiger partial charge on any atom is 0.240 e. The van der Waals surface area contributed by atoms with Crippen molar-refractivity contribution in [3.63, 3.8) is 0 Å². The number of anilines is 1. The van der Waals surface area contributed by atoms with Crippen LogP contribution in [0.2, 0.25) is 18.6 Å². The lowest BCUT2D eigenvalue weighted by Gasteiger charge is -2.36. The topological polar surface area (TPSA) is 91.3 Å². The lowest BCUT2D eigenvalue weighted by molar-refractivity contribution is -0.135. The lowest BCUT2D eigenvalue weighted by atomic mass is 9.95. The number of aliphatic hydroxyl groups is 1. The van der Waals surface area contributed by atoms with Crippen molar-refractivity contribution in [2.75, 3.05) is 44.8 Å². The summed E-state index contributed by atoms with van der Waals surface area (Å²) in [4.78, 5) is 30.0. The number of amides is 2. The average Bonchev–Trinajstić information content (AvgIpc) is 3.39. The normalized spacial score (nSPS) is 21.8. The highest BCUT2D eigenvalue weighted by atomic mass is 28.3. The number of nitrogens with zero attached hydrogens (tertiary/aromatic N) is 2. The second-order valence-electron chi connectivity index (χ2n) is 13.2. The Morgan fingerprint density at radius 1 is 1.04 bits per heavy atom. The second kappa shape index (κ2) is 15.4. The van der Waals surface area contributed by atoms with Crippen LogP contribution in [0.25, 0.3) is 0 Å². The quantitative estimate of drug-likeness (QED) is 0.269. The van der Waals surface area contributed by atoms with E-state index in [1.807, 2.05) is 59.5 Å². The van der Waals surface area contributed by atoms with Crippen LogP contribution in [-0.2, 0) is 27.3 Å². The van der Waals surface area contributed by atoms with Crippen LogP contribution in [0.5, 0.6) is 5.75 Å². The van der Waals surface area contributed by atoms with Crippen LogP contribution in [0, 0.1) is 5.92 Å². The molecule has 0 unspecified atom stereocenters. The van der Waals surface area contributed by atoms with Crippen LogP contribution in [0.3, 0.4) is 0 Å². The lowest BCUT2D eigenvalue weighted by Crippen LogP contribution is -2.51. The van der Waals surface area contributed by atoms with Crippen molar-refractivity contribution in [2.45, 2.75) is 63.6 Å². The Kier molecular flexibility index (Phi) is 11.3. The fourth-order valence-electron chi connectivity index (χ4n) is 7.43. The predicted octanol–water partition coefficient (Wildman–Crippen LogP) is 4.36. The zero-order valence-corrected chi connectivity index (χ0v) is 28.7. The summed E-state index contributed by atoms with van der Waals surface area (Å²) >= 11 is 0. The summed E-state index contributed by atoms with van der Waals surface area (Å²) in [5, 5.41) is 14.3. The molecule has 2 saturated heterocycles. The molecule has 2 N–H and O–H groups in total. The van der Waals surface area contributed by atoms with Crippen LogP contribution in [0.1, 0.15) is 30.9 Å². The molecule has 9 heteroatoms. The molecule has 0 aromatic heterocycles. The van der Waals surface area contributed by atoms with Crippen molar-refractivity contribution in [1.29, 1.82) is 0 Å². The molecule has 4 atom stereocenters. The molecular formula is C37H49N3O5Si. The number of carbonyl (C=O) groups excluding carboxylic acids is 2. The number of ether oxygens (including phenoxy) is 2. The van der Waals surface area contributed by atoms with E-state index >= 15 is 0 Å². The molecule has 2 fully saturated rings. The van der Waals surface area contributed by atoms with E-state index in [4.69, 9.17) is 9.47 Å². The van der Waals surface area contributed by atoms with Gasteiger partial charge in [0.25, 0.3) is 0 Å². The summed E-state index contributed by atoms with van der Waals surface area (Å²) in [7, 11) is -0.460. The van der Waals surface area contributed by atoms with Crippen LogP contribution < -0.4 is 20.1 Å². The molecule has 0 spiro atoms. The Morgan fingerprint density at radius 2 is 1.78 bits per heavy atom. The van der Waals surface area contributed by atoms with E-state index in [9.17, 15) is 14.7 Å². The number of hydrogen-bond acceptors (Lipinski definition) is 6. The van der Waals surface area contributed by atoms with Gasteiger partial charge < -0.3 is 29.7 Å². The third-order valence-electron chi connectivity index (χ3n) is 9.91. The van der Waals surface area contributed by atoms with Gasteiger partial charge in [-0.2, -0.15) is 0 Å². The maximum atomic E-state index is 13.9. The molecule has 2 aliphatic rings. The molecule has 46 heavy (non-hydrogen) atoms. The van der Waals surface area contributed by atoms with Crippen molar-refractivity contribution in [2.24, 2.45) is 5.92 Å². The van der Waals surface area contributed by atoms with Crippen LogP contribution in [-0.4, -0.2) is 82.0 Å². The zero-order valence-electron chi connectivity index (χ0n) is 27.7. The van der Waals surface area contributed by atoms with Crippen molar-refractivity contribution < 1.29 is 24.2 Å². The molecule has 5 rings (SSSR count). The smallest absolute Gasteiger partial charge is 0.240 e. The largest absolute Gasteiger partial charge is 0.497 e. The van der Waals surface area contributed by atoms with Gasteiger partial charge >= 0.3 is 0 Å². The average molecular weight is 644 g/mol. The van der Waals surface area contributed by atoms with E-state index in [1.165, 1.54) is 10.8 Å². The number of methoxy groups -OCH3 is 1. The van der Waals surface area contributed by atoms with Crippen molar-refractivity contribution >= 4 is 30.8 Å². The third-order valence-corrected chi connectivity index (χ3v) is 14.3. The molecule has 0 saturated carbocycles. The summed E-state index contributed by atoms with van der Waals surface area (Å²) < 4.78 is 12.3. The molecule has 2 amide bonds. The van der Waals surface area contributed by atoms with Crippen molar-refractivity contribution in [3.05, 3.63) is 90.0 Å². The molecular weight excluding hydrogens is 595 g/mol. The van der Waals surface area contributed by atoms with E-state index in [2.05, 4.69) is 49.6 Å². The summed E-state index contributed by atoms with van der Waals surface area (Å²) in [6.45, 7) is 9.57. The molecule has 2 aliphatic heterocycles. The number of nitrogens with one attached hydrogen (secondary N) is 1. The van der Waals surface area contributed by atoms with E-state index in [1.54, 1.807) is 12.0 Å². The van der Waals surface area contributed by atoms with Crippen molar-refractivity contribution in [3.8, 4) is 5.75 Å². The predicted molar refractivity (Wildman–Crippen MR) is 185 cm³/mol. The van der Waals surface area contributed by atoms with Gasteiger partial charge in [0.05, 0.1) is 47.0 Å². The Labute approximate surface area is 274 Å². The molecule has 2 heterocycles. The SMILES string of the molecule is COc1ccc([Si](C)(C)[C@H]2[C@H](C)[C@H](CCc3cccc(N4CCNCC4=O)c3)O[C@@H]2CC(=O)N(CCO)Cc2ccccc2)cc1. The Bertz CT molecular complexity index is 1450. The number of hydrogen-bond donors (Lipinski definition) is 2. The first-order valence-electron chi connectivity index (χ1n) is 16.5. The molecule has 3 aromatic rings. The summed E-state index contributed by atoms with van der Waals surface area (Å²) in [6.07, 6.45) is 1.71. The molecule has 0 radical (unpaired) electrons. The van der Waals surface area contributed by atoms with Crippen LogP contribution >= 0.6 is 0 Å². The standard InChI is InChI=1S/C37H49N3O5Si/c1-27-33(18-13-28-11-8-12-30(23-28)40-20-19-38-25-36(40)43)45-34(37(27)46(3,4)32-16-14-31(44-2)15-17-32)24-35(42)39(21-22-41)26-29-9-6-5-7-10-29/h5-12,14-17,23,27,33-34,37-38,41H,13,18-22,24-26H2,1-4H3/t27-,33+,34-,37+/m1/s1. The van der Waals surface area contributed by atoms with Gasteiger partial charge in [-0.3, -0.25) is 9.59 Å². The summed E-state index contributed by atoms with van der Waals surface area (Å²) in [5.41, 5.74) is 3.38. The molecule has 3 aromatic carbocycles. The number of rotatable bonds is 13. The monoisotopic (exact) mass is 643 g/mol. The third kappa shape index (κ3) is 7.89. The Morgan fingerprint density at radius 3 is 2.48 bits per heavy atom. The number of benzene rings is 3. The van der Waals surface area contributed by atoms with Gasteiger partial charge in [0.2, 0.25) is 11.8 Å². The van der Waals surface area contributed by atoms with Gasteiger partial charge in [-0.15, -0.1) is 0 Å². The van der Waals surface area contributed by atoms with Crippen LogP contribution in [0.4, 0.5) is 5.69 Å². The number of carbonyl (C=O) groups is 2. The zero-order chi connectivity index (χ0) is 32.7. The van der Waals surface area contributed by atoms with Gasteiger partial charge in [0.15, 0.2) is 0 Å². The van der Waals surface area contributed by atoms with Crippen LogP contribution in [0.15, 0.2) is 78.9 Å². The van der Waals surface area contributed by atoms with Crippen molar-refractivity contribution in [1.82, 2.24) is 10.2 Å². The molecule has 246 valence electrons. The fraction of sp³-hybridized carbons (Fsp3) is 0.459. The van der Waals surface area contributed by atoms with E-state index in [-0.39, 0.29) is 55.1 Å². The van der Waals surface area contributed by atoms with E-state index in [0.29, 0.717) is 19.6 Å². The minimum Gasteiger partial charge on any atom is -0.497 e. The van der Waals surface area contributed by atoms with E-state index in [0.717, 1.165) is 36.4 Å². The minimum absolute atomic E-state index is 0.00212. The number of piperazine rings is 1. The number of aryl methyl sites for hydroxylation is 1. The maximum absolute atomic E-state index is 13.9. The highest BCUT2D eigenvalue weighted by molar-refractivity contribution is 6.91. The summed E-state index contributed by atoms with van der Waals surface area (Å²) in [5.74, 6) is 1.19. The van der Waals surface area contributed by atoms with Gasteiger partial charge in [-0.25, -0.2) is 0 Å². The first-order valence-corrected chi connectivity index (χ1v) is 19.6. The van der Waals surface area contributed by atoms with Gasteiger partial charge in [0, 0.05) is 31.9 Å². The highest BCUT2D eigenvalue weighted by Gasteiger charge is 2.51. The van der Waals surface area contributed by atoms with Gasteiger partial charge in [-0.1, -0.05) is 79.8 Å². The van der Waals surface area contributed by atoms with Gasteiger partial charge in [-0.05, 0) is 59.7 Å². The molecule has 0 bridgehead atoms. The van der Waals surface area contributed by atoms with Gasteiger partial charge in [0.1, 0.15) is 5.75 Å². The molecule has 0 aliphatic carbocycles. The number of aliphatic hydroxyl groups excluding tert-OH is 1. The second-order valence-corrected chi connectivity index (χ2v) is 17.9. The van der Waals surface area contributed by atoms with E-state index < -0.39 is 8.07 Å². The molecule has 8 nitrogen and oxygen atoms in total.